The molecule has 0 aromatic heterocycles. The van der Waals surface area contributed by atoms with Crippen molar-refractivity contribution in [2.45, 2.75) is 46.3 Å². The molecule has 0 aromatic carbocycles. The SMILES string of the molecule is CC(C)(C)SC1=CC=C=C(C(C)(C)C)C#C1. The number of thioether (sulfide) groups is 1. The molecule has 16 heavy (non-hydrogen) atoms. The molecule has 0 amide bonds. The van der Waals surface area contributed by atoms with E-state index in [-0.39, 0.29) is 10.2 Å². The zero-order chi connectivity index (χ0) is 12.4. The normalized spacial score (nSPS) is 15.9. The Labute approximate surface area is 104 Å². The average Bonchev–Trinajstić information content (AvgIpc) is 2.25. The summed E-state index contributed by atoms with van der Waals surface area (Å²) in [5.74, 6) is 6.47. The Balaban J connectivity index is 2.90. The fourth-order valence-corrected chi connectivity index (χ4v) is 2.09. The molecule has 0 radical (unpaired) electrons. The van der Waals surface area contributed by atoms with Gasteiger partial charge in [-0.1, -0.05) is 53.4 Å². The molecule has 0 nitrogen and oxygen atoms in total. The molecule has 0 fully saturated rings. The monoisotopic (exact) mass is 232 g/mol. The Morgan fingerprint density at radius 3 is 2.12 bits per heavy atom. The second-order valence-corrected chi connectivity index (χ2v) is 7.80. The van der Waals surface area contributed by atoms with E-state index < -0.39 is 0 Å². The van der Waals surface area contributed by atoms with Crippen molar-refractivity contribution >= 4 is 11.8 Å². The van der Waals surface area contributed by atoms with Crippen LogP contribution in [-0.4, -0.2) is 4.75 Å². The van der Waals surface area contributed by atoms with Crippen LogP contribution in [0.5, 0.6) is 0 Å². The summed E-state index contributed by atoms with van der Waals surface area (Å²) in [6.07, 6.45) is 4.03. The Morgan fingerprint density at radius 1 is 1.00 bits per heavy atom. The third kappa shape index (κ3) is 4.35. The van der Waals surface area contributed by atoms with Crippen LogP contribution in [0.15, 0.2) is 28.4 Å². The van der Waals surface area contributed by atoms with E-state index in [1.807, 2.05) is 6.08 Å². The Bertz CT molecular complexity index is 419. The molecule has 0 N–H and O–H groups in total. The average molecular weight is 232 g/mol. The quantitative estimate of drug-likeness (QED) is 0.472. The van der Waals surface area contributed by atoms with Gasteiger partial charge in [0.05, 0.1) is 4.91 Å². The van der Waals surface area contributed by atoms with Gasteiger partial charge in [-0.15, -0.1) is 17.5 Å². The van der Waals surface area contributed by atoms with E-state index in [2.05, 4.69) is 65.2 Å². The molecule has 86 valence electrons. The number of hydrogen-bond acceptors (Lipinski definition) is 1. The Kier molecular flexibility index (Phi) is 3.79. The summed E-state index contributed by atoms with van der Waals surface area (Å²) >= 11 is 1.81. The minimum atomic E-state index is 0.0825. The van der Waals surface area contributed by atoms with E-state index in [9.17, 15) is 0 Å². The van der Waals surface area contributed by atoms with Gasteiger partial charge in [0.2, 0.25) is 0 Å². The zero-order valence-corrected chi connectivity index (χ0v) is 11.9. The first kappa shape index (κ1) is 13.2. The molecule has 1 aliphatic rings. The molecule has 0 bridgehead atoms. The maximum atomic E-state index is 3.27. The second kappa shape index (κ2) is 4.58. The molecule has 0 aliphatic heterocycles. The minimum absolute atomic E-state index is 0.0825. The Morgan fingerprint density at radius 2 is 1.62 bits per heavy atom. The lowest BCUT2D eigenvalue weighted by molar-refractivity contribution is 0.522. The van der Waals surface area contributed by atoms with Crippen molar-refractivity contribution in [1.82, 2.24) is 0 Å². The van der Waals surface area contributed by atoms with Gasteiger partial charge in [-0.3, -0.25) is 0 Å². The van der Waals surface area contributed by atoms with Crippen LogP contribution in [0.25, 0.3) is 0 Å². The lowest BCUT2D eigenvalue weighted by Gasteiger charge is -2.17. The first-order valence-electron chi connectivity index (χ1n) is 5.57. The highest BCUT2D eigenvalue weighted by molar-refractivity contribution is 8.04. The van der Waals surface area contributed by atoms with Crippen LogP contribution in [0.3, 0.4) is 0 Å². The highest BCUT2D eigenvalue weighted by atomic mass is 32.2. The van der Waals surface area contributed by atoms with Crippen LogP contribution < -0.4 is 0 Å². The van der Waals surface area contributed by atoms with Crippen LogP contribution >= 0.6 is 11.8 Å². The van der Waals surface area contributed by atoms with Crippen molar-refractivity contribution in [2.75, 3.05) is 0 Å². The van der Waals surface area contributed by atoms with Crippen LogP contribution in [-0.2, 0) is 0 Å². The van der Waals surface area contributed by atoms with E-state index in [4.69, 9.17) is 0 Å². The number of allylic oxidation sites excluding steroid dienone is 3. The van der Waals surface area contributed by atoms with E-state index in [1.54, 1.807) is 11.8 Å². The molecule has 0 saturated carbocycles. The van der Waals surface area contributed by atoms with Crippen LogP contribution in [0.4, 0.5) is 0 Å². The summed E-state index contributed by atoms with van der Waals surface area (Å²) in [5, 5.41) is 0. The molecule has 1 heteroatoms. The second-order valence-electron chi connectivity index (χ2n) is 5.93. The molecular weight excluding hydrogens is 212 g/mol. The molecule has 1 rings (SSSR count). The van der Waals surface area contributed by atoms with Gasteiger partial charge in [0.1, 0.15) is 0 Å². The highest BCUT2D eigenvalue weighted by Gasteiger charge is 2.16. The van der Waals surface area contributed by atoms with Gasteiger partial charge in [-0.25, -0.2) is 0 Å². The third-order valence-corrected chi connectivity index (χ3v) is 3.01. The lowest BCUT2D eigenvalue weighted by Crippen LogP contribution is -2.07. The molecule has 0 unspecified atom stereocenters. The summed E-state index contributed by atoms with van der Waals surface area (Å²) in [6.45, 7) is 13.1. The number of hydrogen-bond donors (Lipinski definition) is 0. The standard InChI is InChI=1S/C15H20S/c1-14(2,3)12-8-7-9-13(11-10-12)16-15(4,5)6/h7,9H,1-6H3. The third-order valence-electron chi connectivity index (χ3n) is 1.94. The van der Waals surface area contributed by atoms with Crippen molar-refractivity contribution in [3.63, 3.8) is 0 Å². The summed E-state index contributed by atoms with van der Waals surface area (Å²) in [6, 6.07) is 0. The van der Waals surface area contributed by atoms with Crippen molar-refractivity contribution < 1.29 is 0 Å². The van der Waals surface area contributed by atoms with Gasteiger partial charge in [0, 0.05) is 15.7 Å². The van der Waals surface area contributed by atoms with E-state index in [0.717, 1.165) is 10.5 Å². The summed E-state index contributed by atoms with van der Waals surface area (Å²) < 4.78 is 0.209. The smallest absolute Gasteiger partial charge is 0.0588 e. The van der Waals surface area contributed by atoms with E-state index >= 15 is 0 Å². The van der Waals surface area contributed by atoms with Crippen LogP contribution in [0.1, 0.15) is 41.5 Å². The minimum Gasteiger partial charge on any atom is -0.111 e. The maximum Gasteiger partial charge on any atom is 0.0588 e. The molecule has 0 aromatic rings. The van der Waals surface area contributed by atoms with E-state index in [1.165, 1.54) is 0 Å². The summed E-state index contributed by atoms with van der Waals surface area (Å²) in [4.78, 5) is 1.12. The van der Waals surface area contributed by atoms with Crippen LogP contribution in [0.2, 0.25) is 0 Å². The van der Waals surface area contributed by atoms with Crippen molar-refractivity contribution in [2.24, 2.45) is 5.41 Å². The molecule has 0 heterocycles. The fraction of sp³-hybridized carbons (Fsp3) is 0.533. The van der Waals surface area contributed by atoms with Gasteiger partial charge in [0.15, 0.2) is 0 Å². The Hall–Kier alpha value is -0.830. The molecule has 1 aliphatic carbocycles. The van der Waals surface area contributed by atoms with Gasteiger partial charge >= 0.3 is 0 Å². The van der Waals surface area contributed by atoms with Gasteiger partial charge < -0.3 is 0 Å². The summed E-state index contributed by atoms with van der Waals surface area (Å²) in [7, 11) is 0. The van der Waals surface area contributed by atoms with E-state index in [0.29, 0.717) is 0 Å². The lowest BCUT2D eigenvalue weighted by atomic mass is 9.87. The van der Waals surface area contributed by atoms with Crippen molar-refractivity contribution in [3.05, 3.63) is 28.4 Å². The predicted octanol–water partition coefficient (Wildman–Crippen LogP) is 4.55. The van der Waals surface area contributed by atoms with Crippen molar-refractivity contribution in [3.8, 4) is 11.8 Å². The van der Waals surface area contributed by atoms with Gasteiger partial charge in [0.25, 0.3) is 0 Å². The topological polar surface area (TPSA) is 0 Å². The molecule has 0 atom stereocenters. The van der Waals surface area contributed by atoms with Gasteiger partial charge in [-0.2, -0.15) is 0 Å². The molecular formula is C15H20S. The largest absolute Gasteiger partial charge is 0.111 e. The summed E-state index contributed by atoms with van der Waals surface area (Å²) in [5.41, 5.74) is 4.43. The predicted molar refractivity (Wildman–Crippen MR) is 74.3 cm³/mol. The fourth-order valence-electron chi connectivity index (χ4n) is 1.20. The highest BCUT2D eigenvalue weighted by Crippen LogP contribution is 2.32. The van der Waals surface area contributed by atoms with Crippen molar-refractivity contribution in [1.29, 1.82) is 0 Å². The zero-order valence-electron chi connectivity index (χ0n) is 11.1. The van der Waals surface area contributed by atoms with Crippen LogP contribution in [0, 0.1) is 17.3 Å². The first-order valence-corrected chi connectivity index (χ1v) is 6.39. The number of rotatable bonds is 1. The first-order chi connectivity index (χ1) is 7.18. The molecule has 0 spiro atoms. The van der Waals surface area contributed by atoms with Gasteiger partial charge in [-0.05, 0) is 12.2 Å². The molecule has 0 saturated heterocycles. The maximum absolute atomic E-state index is 3.27.